The minimum absolute atomic E-state index is 0.0102. The minimum Gasteiger partial charge on any atom is -0.497 e. The van der Waals surface area contributed by atoms with E-state index in [1.54, 1.807) is 24.3 Å². The normalized spacial score (nSPS) is 11.5. The molecule has 1 aromatic carbocycles. The van der Waals surface area contributed by atoms with Crippen LogP contribution >= 0.6 is 0 Å². The molecular formula is C17H24N2O5. The Labute approximate surface area is 141 Å². The lowest BCUT2D eigenvalue weighted by Gasteiger charge is -2.17. The maximum absolute atomic E-state index is 11.9. The lowest BCUT2D eigenvalue weighted by Crippen LogP contribution is -2.39. The topological polar surface area (TPSA) is 93.7 Å². The molecule has 7 nitrogen and oxygen atoms in total. The second-order valence-corrected chi connectivity index (χ2v) is 5.68. The van der Waals surface area contributed by atoms with Gasteiger partial charge in [0, 0.05) is 11.6 Å². The number of rotatable bonds is 8. The number of esters is 1. The molecule has 0 spiro atoms. The number of hydrogen-bond acceptors (Lipinski definition) is 5. The summed E-state index contributed by atoms with van der Waals surface area (Å²) in [5.41, 5.74) is 0.366. The summed E-state index contributed by atoms with van der Waals surface area (Å²) in [5.74, 6) is -0.654. The van der Waals surface area contributed by atoms with E-state index in [1.165, 1.54) is 7.11 Å². The van der Waals surface area contributed by atoms with Gasteiger partial charge in [-0.15, -0.1) is 0 Å². The maximum Gasteiger partial charge on any atom is 0.325 e. The number of methoxy groups -OCH3 is 1. The van der Waals surface area contributed by atoms with Gasteiger partial charge in [-0.05, 0) is 31.0 Å². The van der Waals surface area contributed by atoms with Crippen molar-refractivity contribution >= 4 is 17.8 Å². The number of carbonyl (C=O) groups is 3. The van der Waals surface area contributed by atoms with Gasteiger partial charge >= 0.3 is 5.97 Å². The van der Waals surface area contributed by atoms with Gasteiger partial charge in [0.15, 0.2) is 6.61 Å². The highest BCUT2D eigenvalue weighted by Gasteiger charge is 2.14. The van der Waals surface area contributed by atoms with E-state index in [-0.39, 0.29) is 31.0 Å². The first-order valence-electron chi connectivity index (χ1n) is 7.70. The lowest BCUT2D eigenvalue weighted by molar-refractivity contribution is -0.147. The molecule has 132 valence electrons. The zero-order valence-corrected chi connectivity index (χ0v) is 14.4. The number of benzene rings is 1. The highest BCUT2D eigenvalue weighted by Crippen LogP contribution is 2.12. The molecule has 1 aromatic rings. The van der Waals surface area contributed by atoms with E-state index in [1.807, 2.05) is 20.8 Å². The zero-order valence-electron chi connectivity index (χ0n) is 14.4. The average molecular weight is 336 g/mol. The van der Waals surface area contributed by atoms with Gasteiger partial charge in [-0.1, -0.05) is 19.9 Å². The molecule has 0 saturated heterocycles. The molecular weight excluding hydrogens is 312 g/mol. The van der Waals surface area contributed by atoms with Gasteiger partial charge in [0.05, 0.1) is 7.11 Å². The first-order chi connectivity index (χ1) is 11.3. The fraction of sp³-hybridized carbons (Fsp3) is 0.471. The van der Waals surface area contributed by atoms with Gasteiger partial charge in [0.2, 0.25) is 0 Å². The predicted molar refractivity (Wildman–Crippen MR) is 88.7 cm³/mol. The van der Waals surface area contributed by atoms with Gasteiger partial charge in [-0.2, -0.15) is 0 Å². The highest BCUT2D eigenvalue weighted by atomic mass is 16.5. The van der Waals surface area contributed by atoms with Gasteiger partial charge in [-0.25, -0.2) is 0 Å². The van der Waals surface area contributed by atoms with Crippen LogP contribution < -0.4 is 15.4 Å². The number of ether oxygens (including phenoxy) is 2. The van der Waals surface area contributed by atoms with E-state index in [2.05, 4.69) is 10.6 Å². The van der Waals surface area contributed by atoms with Gasteiger partial charge < -0.3 is 20.1 Å². The lowest BCUT2D eigenvalue weighted by atomic mass is 10.1. The number of amides is 2. The molecule has 7 heteroatoms. The Hall–Kier alpha value is -2.57. The van der Waals surface area contributed by atoms with Gasteiger partial charge in [-0.3, -0.25) is 14.4 Å². The van der Waals surface area contributed by atoms with Crippen molar-refractivity contribution in [3.05, 3.63) is 29.8 Å². The molecule has 0 aromatic heterocycles. The summed E-state index contributed by atoms with van der Waals surface area (Å²) in [6, 6.07) is 6.53. The zero-order chi connectivity index (χ0) is 18.1. The first-order valence-corrected chi connectivity index (χ1v) is 7.70. The fourth-order valence-corrected chi connectivity index (χ4v) is 1.68. The average Bonchev–Trinajstić information content (AvgIpc) is 2.57. The molecule has 0 fully saturated rings. The summed E-state index contributed by atoms with van der Waals surface area (Å²) in [5, 5.41) is 5.15. The Bertz CT molecular complexity index is 586. The third kappa shape index (κ3) is 6.68. The summed E-state index contributed by atoms with van der Waals surface area (Å²) in [7, 11) is 1.50. The van der Waals surface area contributed by atoms with E-state index in [0.29, 0.717) is 11.3 Å². The Morgan fingerprint density at radius 1 is 1.17 bits per heavy atom. The molecule has 1 atom stereocenters. The quantitative estimate of drug-likeness (QED) is 0.694. The Kier molecular flexibility index (Phi) is 7.74. The molecule has 2 amide bonds. The summed E-state index contributed by atoms with van der Waals surface area (Å²) in [4.78, 5) is 35.1. The van der Waals surface area contributed by atoms with Crippen molar-refractivity contribution in [2.45, 2.75) is 26.8 Å². The van der Waals surface area contributed by atoms with Crippen LogP contribution in [0.25, 0.3) is 0 Å². The van der Waals surface area contributed by atoms with Crippen LogP contribution in [0.15, 0.2) is 24.3 Å². The van der Waals surface area contributed by atoms with Gasteiger partial charge in [0.1, 0.15) is 12.3 Å². The van der Waals surface area contributed by atoms with Crippen LogP contribution in [-0.4, -0.2) is 44.1 Å². The van der Waals surface area contributed by atoms with Crippen LogP contribution in [0.3, 0.4) is 0 Å². The number of nitrogens with one attached hydrogen (secondary N) is 2. The maximum atomic E-state index is 11.9. The molecule has 1 rings (SSSR count). The second-order valence-electron chi connectivity index (χ2n) is 5.68. The van der Waals surface area contributed by atoms with Crippen LogP contribution in [0.5, 0.6) is 5.75 Å². The standard InChI is InChI=1S/C17H24N2O5/c1-11(2)12(3)19-15(20)10-24-16(21)9-18-17(22)13-6-5-7-14(8-13)23-4/h5-8,11-12H,9-10H2,1-4H3,(H,18,22)(H,19,20)/t12-/m0/s1. The predicted octanol–water partition coefficient (Wildman–Crippen LogP) is 1.13. The van der Waals surface area contributed by atoms with Crippen molar-refractivity contribution in [3.8, 4) is 5.75 Å². The minimum atomic E-state index is -0.682. The van der Waals surface area contributed by atoms with Crippen molar-refractivity contribution in [2.24, 2.45) is 5.92 Å². The Balaban J connectivity index is 2.35. The van der Waals surface area contributed by atoms with Crippen LogP contribution in [0.1, 0.15) is 31.1 Å². The van der Waals surface area contributed by atoms with E-state index >= 15 is 0 Å². The molecule has 0 aliphatic rings. The van der Waals surface area contributed by atoms with Crippen molar-refractivity contribution < 1.29 is 23.9 Å². The van der Waals surface area contributed by atoms with Crippen LogP contribution in [-0.2, 0) is 14.3 Å². The molecule has 0 bridgehead atoms. The Morgan fingerprint density at radius 3 is 2.50 bits per heavy atom. The van der Waals surface area contributed by atoms with Crippen molar-refractivity contribution in [3.63, 3.8) is 0 Å². The SMILES string of the molecule is COc1cccc(C(=O)NCC(=O)OCC(=O)N[C@@H](C)C(C)C)c1. The Morgan fingerprint density at radius 2 is 1.88 bits per heavy atom. The second kappa shape index (κ2) is 9.54. The van der Waals surface area contributed by atoms with Crippen molar-refractivity contribution in [2.75, 3.05) is 20.3 Å². The summed E-state index contributed by atoms with van der Waals surface area (Å²) in [6.45, 7) is 5.14. The number of carbonyl (C=O) groups excluding carboxylic acids is 3. The first kappa shape index (κ1) is 19.5. The summed E-state index contributed by atoms with van der Waals surface area (Å²) in [6.07, 6.45) is 0. The summed E-state index contributed by atoms with van der Waals surface area (Å²) >= 11 is 0. The molecule has 24 heavy (non-hydrogen) atoms. The molecule has 0 aliphatic carbocycles. The summed E-state index contributed by atoms with van der Waals surface area (Å²) < 4.78 is 9.85. The van der Waals surface area contributed by atoms with Gasteiger partial charge in [0.25, 0.3) is 11.8 Å². The third-order valence-corrected chi connectivity index (χ3v) is 3.48. The fourth-order valence-electron chi connectivity index (χ4n) is 1.68. The van der Waals surface area contributed by atoms with E-state index < -0.39 is 11.9 Å². The molecule has 0 unspecified atom stereocenters. The molecule has 0 heterocycles. The monoisotopic (exact) mass is 336 g/mol. The molecule has 0 saturated carbocycles. The van der Waals surface area contributed by atoms with Crippen molar-refractivity contribution in [1.29, 1.82) is 0 Å². The van der Waals surface area contributed by atoms with Crippen LogP contribution in [0.4, 0.5) is 0 Å². The smallest absolute Gasteiger partial charge is 0.325 e. The van der Waals surface area contributed by atoms with Crippen LogP contribution in [0, 0.1) is 5.92 Å². The van der Waals surface area contributed by atoms with E-state index in [9.17, 15) is 14.4 Å². The van der Waals surface area contributed by atoms with Crippen LogP contribution in [0.2, 0.25) is 0 Å². The van der Waals surface area contributed by atoms with Crippen molar-refractivity contribution in [1.82, 2.24) is 10.6 Å². The number of hydrogen-bond donors (Lipinski definition) is 2. The highest BCUT2D eigenvalue weighted by molar-refractivity contribution is 5.96. The van der Waals surface area contributed by atoms with E-state index in [4.69, 9.17) is 9.47 Å². The molecule has 2 N–H and O–H groups in total. The largest absolute Gasteiger partial charge is 0.497 e. The third-order valence-electron chi connectivity index (χ3n) is 3.48. The molecule has 0 aliphatic heterocycles. The molecule has 0 radical (unpaired) electrons. The van der Waals surface area contributed by atoms with E-state index in [0.717, 1.165) is 0 Å².